The number of nitrogens with two attached hydrogens (primary N) is 1. The highest BCUT2D eigenvalue weighted by atomic mass is 35.5. The molecule has 0 bridgehead atoms. The van der Waals surface area contributed by atoms with Crippen molar-refractivity contribution in [1.29, 1.82) is 10.5 Å². The standard InChI is InChI=1S/C31H41N3O8S.C24H33N3O4S.C13H13NO7.ClH/c1-31(2,15-7-16-32)21-34(43(37,38)24-12-10-23(39-3)11-13-24)19-27(35)26(18-22-8-5-4-6-9-22)33-30(36)42-28-20-41-29-25(28)14-17-40-29;1-24(2,14-7-15-25)18-27(32(29,30)21-12-10-20(31-3)11-13-21)17-23(28)22(26)16-19-8-5-4-6-9-19;15-13(20-9-3-1-8(2-4-9)14(16)17)21-12-10-5-6-18-11(10)7-19-12;/h4-6,8-13,25-29,35H,7,14-15,17-21H2,1-3H3,(H,33,36);4-6,8-13,22-23,28H,7,14,16-18,26H2,1-3H3;1-4,10-12H,5-7H2;1H/t25-,26+,27-,28-,29+;22?,23-;10-,11-,12-;/m110./s1. The van der Waals surface area contributed by atoms with E-state index in [2.05, 4.69) is 17.5 Å². The van der Waals surface area contributed by atoms with Crippen LogP contribution in [0.2, 0.25) is 0 Å². The Hall–Kier alpha value is -7.55. The van der Waals surface area contributed by atoms with Gasteiger partial charge in [-0.25, -0.2) is 26.4 Å². The van der Waals surface area contributed by atoms with Crippen molar-refractivity contribution in [3.63, 3.8) is 0 Å². The summed E-state index contributed by atoms with van der Waals surface area (Å²) < 4.78 is 105. The third-order valence-electron chi connectivity index (χ3n) is 16.8. The number of amides is 1. The first kappa shape index (κ1) is 78.4. The van der Waals surface area contributed by atoms with Gasteiger partial charge in [0.15, 0.2) is 6.29 Å². The Balaban J connectivity index is 0.000000242. The zero-order valence-corrected chi connectivity index (χ0v) is 57.6. The molecule has 0 radical (unpaired) electrons. The maximum Gasteiger partial charge on any atom is 0.516 e. The molecule has 4 aliphatic heterocycles. The second-order valence-electron chi connectivity index (χ2n) is 25.3. The van der Waals surface area contributed by atoms with Crippen LogP contribution in [-0.4, -0.2) is 169 Å². The van der Waals surface area contributed by atoms with Crippen molar-refractivity contribution in [2.75, 3.05) is 66.8 Å². The van der Waals surface area contributed by atoms with Gasteiger partial charge in [-0.05, 0) is 121 Å². The summed E-state index contributed by atoms with van der Waals surface area (Å²) in [7, 11) is -4.98. The van der Waals surface area contributed by atoms with E-state index in [0.717, 1.165) is 24.0 Å². The molecule has 26 nitrogen and oxygen atoms in total. The number of methoxy groups -OCH3 is 2. The molecule has 1 amide bonds. The number of carbonyl (C=O) groups excluding carboxylic acids is 2. The fraction of sp³-hybridized carbons (Fsp3) is 0.500. The summed E-state index contributed by atoms with van der Waals surface area (Å²) in [4.78, 5) is 34.9. The first-order valence-corrected chi connectivity index (χ1v) is 34.4. The minimum atomic E-state index is -4.08. The summed E-state index contributed by atoms with van der Waals surface area (Å²) in [5.74, 6) is 1.21. The van der Waals surface area contributed by atoms with Crippen LogP contribution in [0.25, 0.3) is 0 Å². The average Bonchev–Trinajstić information content (AvgIpc) is 1.62. The third-order valence-corrected chi connectivity index (χ3v) is 20.5. The summed E-state index contributed by atoms with van der Waals surface area (Å²) in [6, 6.07) is 38.9. The summed E-state index contributed by atoms with van der Waals surface area (Å²) in [5.41, 5.74) is 6.93. The van der Waals surface area contributed by atoms with Crippen LogP contribution in [0.1, 0.15) is 77.3 Å². The molecule has 5 aromatic rings. The van der Waals surface area contributed by atoms with Gasteiger partial charge in [-0.2, -0.15) is 19.1 Å². The summed E-state index contributed by atoms with van der Waals surface area (Å²) in [6.45, 7) is 9.15. The number of non-ortho nitro benzene ring substituents is 1. The number of aliphatic hydroxyl groups excluding tert-OH is 2. The van der Waals surface area contributed by atoms with Crippen LogP contribution in [0.4, 0.5) is 15.3 Å². The molecule has 0 aliphatic carbocycles. The molecule has 528 valence electrons. The number of ether oxygens (including phenoxy) is 9. The topological polar surface area (TPSA) is 361 Å². The zero-order chi connectivity index (χ0) is 69.6. The second-order valence-corrected chi connectivity index (χ2v) is 29.1. The first-order chi connectivity index (χ1) is 45.7. The van der Waals surface area contributed by atoms with E-state index in [4.69, 9.17) is 58.9 Å². The first-order valence-electron chi connectivity index (χ1n) is 31.5. The maximum atomic E-state index is 13.9. The summed E-state index contributed by atoms with van der Waals surface area (Å²) in [5, 5.41) is 53.8. The molecule has 5 N–H and O–H groups in total. The maximum absolute atomic E-state index is 13.9. The van der Waals surface area contributed by atoms with E-state index in [0.29, 0.717) is 57.0 Å². The number of hydrogen-bond acceptors (Lipinski definition) is 22. The number of nitro benzene ring substituents is 1. The van der Waals surface area contributed by atoms with Gasteiger partial charge >= 0.3 is 12.2 Å². The van der Waals surface area contributed by atoms with Crippen LogP contribution in [0.5, 0.6) is 17.2 Å². The molecule has 4 aliphatic rings. The lowest BCUT2D eigenvalue weighted by Crippen LogP contribution is -2.52. The van der Waals surface area contributed by atoms with Gasteiger partial charge in [0, 0.05) is 63.8 Å². The smallest absolute Gasteiger partial charge is 0.497 e. The number of carbonyl (C=O) groups is 2. The third kappa shape index (κ3) is 23.3. The zero-order valence-electron chi connectivity index (χ0n) is 55.2. The normalized spacial score (nSPS) is 20.1. The SMILES string of the molecule is COc1ccc(S(=O)(=O)N(C[C@@H](O)C(N)Cc2ccccc2)CC(C)(C)CCC#N)cc1.COc1ccc(S(=O)(=O)N(C[C@@H](O)[C@H](Cc2ccccc2)NC(=O)O[C@@H]2CO[C@@H]3OCC[C@@H]32)CC(C)(C)CCC#N)cc1.Cl.O=C(Oc1ccc([N+](=O)[O-])cc1)O[C@@H]1OC[C@@H]2OCC[C@H]12. The number of nitro groups is 1. The Morgan fingerprint density at radius 2 is 1.15 bits per heavy atom. The van der Waals surface area contributed by atoms with Crippen molar-refractivity contribution < 1.29 is 84.2 Å². The number of alkyl carbamates (subject to hydrolysis) is 1. The number of sulfonamides is 2. The van der Waals surface area contributed by atoms with Gasteiger partial charge < -0.3 is 63.9 Å². The minimum absolute atomic E-state index is 0. The molecule has 5 aromatic carbocycles. The molecule has 0 aromatic heterocycles. The van der Waals surface area contributed by atoms with E-state index in [-0.39, 0.29) is 103 Å². The van der Waals surface area contributed by atoms with E-state index in [1.165, 1.54) is 71.4 Å². The van der Waals surface area contributed by atoms with Crippen molar-refractivity contribution in [3.05, 3.63) is 155 Å². The van der Waals surface area contributed by atoms with Gasteiger partial charge in [0.25, 0.3) is 5.69 Å². The Kier molecular flexibility index (Phi) is 29.8. The fourth-order valence-corrected chi connectivity index (χ4v) is 14.6. The summed E-state index contributed by atoms with van der Waals surface area (Å²) in [6.07, 6.45) is -1.80. The second kappa shape index (κ2) is 36.9. The predicted octanol–water partition coefficient (Wildman–Crippen LogP) is 8.72. The molecule has 97 heavy (non-hydrogen) atoms. The molecule has 9 rings (SSSR count). The van der Waals surface area contributed by atoms with Crippen LogP contribution in [-0.2, 0) is 61.3 Å². The van der Waals surface area contributed by atoms with Crippen molar-refractivity contribution >= 4 is 50.4 Å². The van der Waals surface area contributed by atoms with Crippen molar-refractivity contribution in [2.45, 2.75) is 138 Å². The molecule has 29 heteroatoms. The van der Waals surface area contributed by atoms with E-state index in [9.17, 15) is 46.8 Å². The predicted molar refractivity (Wildman–Crippen MR) is 357 cm³/mol. The largest absolute Gasteiger partial charge is 0.516 e. The number of nitrogens with zero attached hydrogens (tertiary/aromatic N) is 5. The Morgan fingerprint density at radius 1 is 0.670 bits per heavy atom. The molecule has 4 saturated heterocycles. The number of hydrogen-bond donors (Lipinski definition) is 4. The van der Waals surface area contributed by atoms with Crippen molar-refractivity contribution in [3.8, 4) is 29.4 Å². The monoisotopic (exact) mass is 1410 g/mol. The van der Waals surface area contributed by atoms with Gasteiger partial charge in [-0.1, -0.05) is 88.4 Å². The lowest BCUT2D eigenvalue weighted by atomic mass is 9.88. The molecular weight excluding hydrogens is 1320 g/mol. The number of halogens is 1. The quantitative estimate of drug-likeness (QED) is 0.0150. The van der Waals surface area contributed by atoms with Crippen LogP contribution in [0.3, 0.4) is 0 Å². The molecule has 4 heterocycles. The van der Waals surface area contributed by atoms with Crippen LogP contribution < -0.4 is 25.3 Å². The van der Waals surface area contributed by atoms with Gasteiger partial charge in [0.05, 0.1) is 97.1 Å². The average molecular weight is 1410 g/mol. The van der Waals surface area contributed by atoms with Gasteiger partial charge in [-0.3, -0.25) is 10.1 Å². The highest BCUT2D eigenvalue weighted by molar-refractivity contribution is 7.89. The number of nitriles is 2. The highest BCUT2D eigenvalue weighted by Crippen LogP contribution is 2.36. The molecule has 1 unspecified atom stereocenters. The van der Waals surface area contributed by atoms with Gasteiger partial charge in [-0.15, -0.1) is 12.4 Å². The van der Waals surface area contributed by atoms with E-state index >= 15 is 0 Å². The van der Waals surface area contributed by atoms with E-state index < -0.39 is 84.7 Å². The minimum Gasteiger partial charge on any atom is -0.497 e. The molecule has 0 saturated carbocycles. The Labute approximate surface area is 573 Å². The van der Waals surface area contributed by atoms with Gasteiger partial charge in [0.1, 0.15) is 23.4 Å². The number of nitrogens with one attached hydrogen (secondary N) is 1. The Bertz CT molecular complexity index is 3610. The van der Waals surface area contributed by atoms with Gasteiger partial charge in [0.2, 0.25) is 26.3 Å². The number of fused-ring (bicyclic) bond motifs is 2. The Morgan fingerprint density at radius 3 is 1.66 bits per heavy atom. The fourth-order valence-electron chi connectivity index (χ4n) is 11.3. The van der Waals surface area contributed by atoms with Crippen LogP contribution in [0.15, 0.2) is 143 Å². The van der Waals surface area contributed by atoms with E-state index in [1.54, 1.807) is 24.3 Å². The number of aliphatic hydroxyl groups is 2. The summed E-state index contributed by atoms with van der Waals surface area (Å²) >= 11 is 0. The van der Waals surface area contributed by atoms with E-state index in [1.807, 2.05) is 88.4 Å². The highest BCUT2D eigenvalue weighted by Gasteiger charge is 2.46. The lowest BCUT2D eigenvalue weighted by molar-refractivity contribution is -0.384. The number of rotatable bonds is 29. The van der Waals surface area contributed by atoms with Crippen molar-refractivity contribution in [2.24, 2.45) is 28.4 Å². The van der Waals surface area contributed by atoms with Crippen LogP contribution >= 0.6 is 12.4 Å². The van der Waals surface area contributed by atoms with Crippen molar-refractivity contribution in [1.82, 2.24) is 13.9 Å². The molecule has 10 atom stereocenters. The molecular formula is C68H88ClN7O19S2. The molecule has 4 fully saturated rings. The number of benzene rings is 5. The molecule has 0 spiro atoms. The van der Waals surface area contributed by atoms with Crippen LogP contribution in [0, 0.1) is 55.4 Å². The lowest BCUT2D eigenvalue weighted by Gasteiger charge is -2.35.